The number of halogens is 1. The number of hydrogen-bond acceptors (Lipinski definition) is 4. The van der Waals surface area contributed by atoms with Crippen LogP contribution in [0.4, 0.5) is 4.39 Å². The summed E-state index contributed by atoms with van der Waals surface area (Å²) >= 11 is 0. The number of rotatable bonds is 5. The van der Waals surface area contributed by atoms with Gasteiger partial charge in [-0.3, -0.25) is 0 Å². The zero-order chi connectivity index (χ0) is 13.8. The highest BCUT2D eigenvalue weighted by Gasteiger charge is 2.20. The number of hydrogen-bond donors (Lipinski definition) is 1. The summed E-state index contributed by atoms with van der Waals surface area (Å²) < 4.78 is 18.7. The van der Waals surface area contributed by atoms with Crippen molar-refractivity contribution in [1.82, 2.24) is 10.1 Å². The first-order valence-corrected chi connectivity index (χ1v) is 6.43. The van der Waals surface area contributed by atoms with Gasteiger partial charge in [0, 0.05) is 12.5 Å². The van der Waals surface area contributed by atoms with Crippen molar-refractivity contribution in [1.29, 1.82) is 0 Å². The summed E-state index contributed by atoms with van der Waals surface area (Å²) in [6.45, 7) is 3.96. The quantitative estimate of drug-likeness (QED) is 0.900. The van der Waals surface area contributed by atoms with Gasteiger partial charge >= 0.3 is 0 Å². The van der Waals surface area contributed by atoms with Gasteiger partial charge in [-0.2, -0.15) is 4.98 Å². The molecule has 2 N–H and O–H groups in total. The second-order valence-electron chi connectivity index (χ2n) is 4.68. The fourth-order valence-corrected chi connectivity index (χ4v) is 1.87. The summed E-state index contributed by atoms with van der Waals surface area (Å²) in [7, 11) is 0. The van der Waals surface area contributed by atoms with Gasteiger partial charge in [-0.05, 0) is 18.1 Å². The van der Waals surface area contributed by atoms with Crippen LogP contribution in [0, 0.1) is 5.82 Å². The van der Waals surface area contributed by atoms with Gasteiger partial charge in [0.15, 0.2) is 5.82 Å². The van der Waals surface area contributed by atoms with Crippen molar-refractivity contribution >= 4 is 0 Å². The molecule has 2 atom stereocenters. The van der Waals surface area contributed by atoms with E-state index in [1.807, 2.05) is 13.8 Å². The second kappa shape index (κ2) is 5.93. The van der Waals surface area contributed by atoms with Crippen LogP contribution in [-0.4, -0.2) is 16.2 Å². The number of aromatic nitrogens is 2. The number of nitrogens with zero attached hydrogens (tertiary/aromatic N) is 2. The van der Waals surface area contributed by atoms with Crippen molar-refractivity contribution < 1.29 is 8.91 Å². The third-order valence-corrected chi connectivity index (χ3v) is 3.29. The lowest BCUT2D eigenvalue weighted by atomic mass is 10.0. The highest BCUT2D eigenvalue weighted by molar-refractivity contribution is 5.20. The maximum absolute atomic E-state index is 13.5. The molecule has 0 spiro atoms. The second-order valence-corrected chi connectivity index (χ2v) is 4.68. The molecule has 0 fully saturated rings. The van der Waals surface area contributed by atoms with Crippen molar-refractivity contribution in [3.63, 3.8) is 0 Å². The van der Waals surface area contributed by atoms with Crippen LogP contribution in [0.3, 0.4) is 0 Å². The van der Waals surface area contributed by atoms with E-state index in [4.69, 9.17) is 10.3 Å². The Morgan fingerprint density at radius 3 is 2.79 bits per heavy atom. The summed E-state index contributed by atoms with van der Waals surface area (Å²) in [6.07, 6.45) is 1.16. The SMILES string of the molecule is CCC(N)C(C)c1nc(Cc2ccccc2F)no1. The molecule has 0 amide bonds. The number of benzene rings is 1. The Labute approximate surface area is 111 Å². The lowest BCUT2D eigenvalue weighted by molar-refractivity contribution is 0.337. The molecule has 0 aliphatic carbocycles. The van der Waals surface area contributed by atoms with Crippen LogP contribution < -0.4 is 5.73 Å². The highest BCUT2D eigenvalue weighted by atomic mass is 19.1. The van der Waals surface area contributed by atoms with Crippen LogP contribution in [0.5, 0.6) is 0 Å². The first-order chi connectivity index (χ1) is 9.11. The molecule has 0 saturated heterocycles. The molecule has 0 aliphatic rings. The lowest BCUT2D eigenvalue weighted by Crippen LogP contribution is -2.25. The molecule has 102 valence electrons. The van der Waals surface area contributed by atoms with E-state index in [1.54, 1.807) is 18.2 Å². The maximum Gasteiger partial charge on any atom is 0.231 e. The predicted molar refractivity (Wildman–Crippen MR) is 70.2 cm³/mol. The van der Waals surface area contributed by atoms with E-state index in [9.17, 15) is 4.39 Å². The van der Waals surface area contributed by atoms with Gasteiger partial charge in [-0.1, -0.05) is 37.2 Å². The van der Waals surface area contributed by atoms with Gasteiger partial charge < -0.3 is 10.3 Å². The molecule has 1 heterocycles. The number of nitrogens with two attached hydrogens (primary N) is 1. The minimum Gasteiger partial charge on any atom is -0.339 e. The topological polar surface area (TPSA) is 64.9 Å². The molecule has 2 aromatic rings. The van der Waals surface area contributed by atoms with Gasteiger partial charge in [0.05, 0.1) is 5.92 Å². The van der Waals surface area contributed by atoms with E-state index < -0.39 is 0 Å². The Bertz CT molecular complexity index is 541. The molecule has 0 saturated carbocycles. The normalized spacial score (nSPS) is 14.3. The Morgan fingerprint density at radius 2 is 2.11 bits per heavy atom. The van der Waals surface area contributed by atoms with E-state index in [0.29, 0.717) is 23.7 Å². The van der Waals surface area contributed by atoms with Crippen LogP contribution in [0.25, 0.3) is 0 Å². The lowest BCUT2D eigenvalue weighted by Gasteiger charge is -2.13. The Morgan fingerprint density at radius 1 is 1.37 bits per heavy atom. The first kappa shape index (κ1) is 13.7. The fraction of sp³-hybridized carbons (Fsp3) is 0.429. The van der Waals surface area contributed by atoms with Gasteiger partial charge in [-0.25, -0.2) is 4.39 Å². The van der Waals surface area contributed by atoms with Crippen LogP contribution >= 0.6 is 0 Å². The van der Waals surface area contributed by atoms with Crippen LogP contribution in [0.15, 0.2) is 28.8 Å². The molecule has 19 heavy (non-hydrogen) atoms. The zero-order valence-electron chi connectivity index (χ0n) is 11.1. The van der Waals surface area contributed by atoms with Crippen LogP contribution in [0.2, 0.25) is 0 Å². The molecule has 4 nitrogen and oxygen atoms in total. The maximum atomic E-state index is 13.5. The molecule has 2 rings (SSSR count). The third-order valence-electron chi connectivity index (χ3n) is 3.29. The summed E-state index contributed by atoms with van der Waals surface area (Å²) in [5, 5.41) is 3.88. The molecule has 1 aromatic heterocycles. The van der Waals surface area contributed by atoms with E-state index in [-0.39, 0.29) is 17.8 Å². The molecule has 1 aromatic carbocycles. The minimum atomic E-state index is -0.257. The fourth-order valence-electron chi connectivity index (χ4n) is 1.87. The largest absolute Gasteiger partial charge is 0.339 e. The molecule has 5 heteroatoms. The molecule has 0 aliphatic heterocycles. The summed E-state index contributed by atoms with van der Waals surface area (Å²) in [4.78, 5) is 4.29. The monoisotopic (exact) mass is 263 g/mol. The van der Waals surface area contributed by atoms with E-state index in [2.05, 4.69) is 10.1 Å². The summed E-state index contributed by atoms with van der Waals surface area (Å²) in [6, 6.07) is 6.57. The Hall–Kier alpha value is -1.75. The Kier molecular flexibility index (Phi) is 4.27. The van der Waals surface area contributed by atoms with E-state index in [1.165, 1.54) is 6.07 Å². The first-order valence-electron chi connectivity index (χ1n) is 6.43. The average molecular weight is 263 g/mol. The average Bonchev–Trinajstić information content (AvgIpc) is 2.88. The van der Waals surface area contributed by atoms with Crippen LogP contribution in [0.1, 0.15) is 43.5 Å². The van der Waals surface area contributed by atoms with Crippen molar-refractivity contribution in [3.8, 4) is 0 Å². The van der Waals surface area contributed by atoms with Gasteiger partial charge in [0.25, 0.3) is 0 Å². The van der Waals surface area contributed by atoms with Crippen LogP contribution in [-0.2, 0) is 6.42 Å². The molecule has 0 bridgehead atoms. The zero-order valence-corrected chi connectivity index (χ0v) is 11.1. The molecule has 2 unspecified atom stereocenters. The van der Waals surface area contributed by atoms with Gasteiger partial charge in [-0.15, -0.1) is 0 Å². The Balaban J connectivity index is 2.12. The molecular weight excluding hydrogens is 245 g/mol. The van der Waals surface area contributed by atoms with Crippen molar-refractivity contribution in [2.75, 3.05) is 0 Å². The van der Waals surface area contributed by atoms with Crippen molar-refractivity contribution in [3.05, 3.63) is 47.4 Å². The predicted octanol–water partition coefficient (Wildman–Crippen LogP) is 2.64. The smallest absolute Gasteiger partial charge is 0.231 e. The highest BCUT2D eigenvalue weighted by Crippen LogP contribution is 2.19. The summed E-state index contributed by atoms with van der Waals surface area (Å²) in [5.41, 5.74) is 6.50. The van der Waals surface area contributed by atoms with Crippen molar-refractivity contribution in [2.24, 2.45) is 5.73 Å². The molecular formula is C14H18FN3O. The molecule has 0 radical (unpaired) electrons. The van der Waals surface area contributed by atoms with Gasteiger partial charge in [0.2, 0.25) is 5.89 Å². The third kappa shape index (κ3) is 3.17. The minimum absolute atomic E-state index is 0.00636. The standard InChI is InChI=1S/C14H18FN3O/c1-3-12(16)9(2)14-17-13(18-19-14)8-10-6-4-5-7-11(10)15/h4-7,9,12H,3,8,16H2,1-2H3. The summed E-state index contributed by atoms with van der Waals surface area (Å²) in [5.74, 6) is 0.745. The van der Waals surface area contributed by atoms with Crippen molar-refractivity contribution in [2.45, 2.75) is 38.6 Å². The van der Waals surface area contributed by atoms with Gasteiger partial charge in [0.1, 0.15) is 5.82 Å². The van der Waals surface area contributed by atoms with E-state index in [0.717, 1.165) is 6.42 Å². The van der Waals surface area contributed by atoms with E-state index >= 15 is 0 Å².